The summed E-state index contributed by atoms with van der Waals surface area (Å²) in [5.41, 5.74) is 1.44. The smallest absolute Gasteiger partial charge is 0.387 e. The Morgan fingerprint density at radius 2 is 2.07 bits per heavy atom. The summed E-state index contributed by atoms with van der Waals surface area (Å²) in [5.74, 6) is 1.20. The second-order valence-corrected chi connectivity index (χ2v) is 6.43. The predicted octanol–water partition coefficient (Wildman–Crippen LogP) is 4.19. The Bertz CT molecular complexity index is 759. The van der Waals surface area contributed by atoms with Gasteiger partial charge in [0.25, 0.3) is 0 Å². The van der Waals surface area contributed by atoms with Crippen molar-refractivity contribution in [2.75, 3.05) is 13.7 Å². The minimum absolute atomic E-state index is 0. The number of aromatic nitrogens is 1. The Kier molecular flexibility index (Phi) is 11.0. The number of thiazole rings is 1. The van der Waals surface area contributed by atoms with Crippen LogP contribution in [0.1, 0.15) is 30.1 Å². The van der Waals surface area contributed by atoms with Gasteiger partial charge in [0.1, 0.15) is 11.5 Å². The minimum Gasteiger partial charge on any atom is -0.497 e. The maximum absolute atomic E-state index is 12.6. The van der Waals surface area contributed by atoms with Crippen molar-refractivity contribution in [1.82, 2.24) is 15.6 Å². The predicted molar refractivity (Wildman–Crippen MR) is 118 cm³/mol. The number of methoxy groups -OCH3 is 1. The van der Waals surface area contributed by atoms with Gasteiger partial charge in [0.05, 0.1) is 30.9 Å². The molecule has 0 spiro atoms. The van der Waals surface area contributed by atoms with E-state index in [-0.39, 0.29) is 36.3 Å². The molecule has 1 heterocycles. The van der Waals surface area contributed by atoms with E-state index in [2.05, 4.69) is 32.3 Å². The Balaban J connectivity index is 0.00000392. The SMILES string of the molecule is CCNC(=NCc1cc(OC)ccc1OC(F)F)NCc1csc(CC)n1.I. The summed E-state index contributed by atoms with van der Waals surface area (Å²) >= 11 is 1.62. The van der Waals surface area contributed by atoms with Gasteiger partial charge in [-0.1, -0.05) is 6.92 Å². The molecule has 0 unspecified atom stereocenters. The number of nitrogens with zero attached hydrogens (tertiary/aromatic N) is 2. The third-order valence-corrected chi connectivity index (χ3v) is 4.62. The van der Waals surface area contributed by atoms with Gasteiger partial charge in [-0.25, -0.2) is 9.98 Å². The molecule has 2 N–H and O–H groups in total. The maximum atomic E-state index is 12.6. The summed E-state index contributed by atoms with van der Waals surface area (Å²) in [5, 5.41) is 9.41. The molecule has 1 aromatic carbocycles. The Hall–Kier alpha value is -1.69. The van der Waals surface area contributed by atoms with Crippen LogP contribution in [0.25, 0.3) is 0 Å². The third kappa shape index (κ3) is 7.74. The van der Waals surface area contributed by atoms with E-state index in [1.54, 1.807) is 23.5 Å². The highest BCUT2D eigenvalue weighted by Gasteiger charge is 2.11. The van der Waals surface area contributed by atoms with Gasteiger partial charge in [-0.3, -0.25) is 0 Å². The molecule has 0 aliphatic rings. The van der Waals surface area contributed by atoms with Crippen molar-refractivity contribution >= 4 is 41.3 Å². The standard InChI is InChI=1S/C18H24F2N4O2S.HI/c1-4-16-24-13(11-27-16)10-23-18(21-5-2)22-9-12-8-14(25-3)6-7-15(12)26-17(19)20;/h6-8,11,17H,4-5,9-10H2,1-3H3,(H2,21,22,23);1H. The highest BCUT2D eigenvalue weighted by molar-refractivity contribution is 14.0. The summed E-state index contributed by atoms with van der Waals surface area (Å²) in [4.78, 5) is 8.96. The van der Waals surface area contributed by atoms with Crippen LogP contribution in [0.4, 0.5) is 8.78 Å². The average Bonchev–Trinajstić information content (AvgIpc) is 3.12. The molecule has 0 aliphatic carbocycles. The molecule has 0 radical (unpaired) electrons. The Morgan fingerprint density at radius 1 is 1.29 bits per heavy atom. The number of aliphatic imine (C=N–C) groups is 1. The first-order valence-electron chi connectivity index (χ1n) is 8.62. The first-order chi connectivity index (χ1) is 13.0. The molecule has 2 aromatic rings. The van der Waals surface area contributed by atoms with Gasteiger partial charge in [-0.15, -0.1) is 35.3 Å². The van der Waals surface area contributed by atoms with Gasteiger partial charge in [-0.05, 0) is 31.5 Å². The number of halogens is 3. The normalized spacial score (nSPS) is 11.1. The number of hydrogen-bond acceptors (Lipinski definition) is 5. The van der Waals surface area contributed by atoms with Gasteiger partial charge in [-0.2, -0.15) is 8.78 Å². The fraction of sp³-hybridized carbons (Fsp3) is 0.444. The Labute approximate surface area is 184 Å². The zero-order chi connectivity index (χ0) is 19.6. The summed E-state index contributed by atoms with van der Waals surface area (Å²) in [6.07, 6.45) is 0.904. The van der Waals surface area contributed by atoms with Gasteiger partial charge >= 0.3 is 6.61 Å². The van der Waals surface area contributed by atoms with Gasteiger partial charge < -0.3 is 20.1 Å². The fourth-order valence-corrected chi connectivity index (χ4v) is 3.03. The van der Waals surface area contributed by atoms with E-state index in [1.165, 1.54) is 13.2 Å². The molecule has 0 amide bonds. The second-order valence-electron chi connectivity index (χ2n) is 5.49. The van der Waals surface area contributed by atoms with Crippen LogP contribution in [0.3, 0.4) is 0 Å². The summed E-state index contributed by atoms with van der Waals surface area (Å²) in [6.45, 7) is 2.47. The van der Waals surface area contributed by atoms with Crippen molar-refractivity contribution in [1.29, 1.82) is 0 Å². The zero-order valence-corrected chi connectivity index (χ0v) is 19.1. The average molecular weight is 526 g/mol. The first kappa shape index (κ1) is 24.3. The molecule has 28 heavy (non-hydrogen) atoms. The third-order valence-electron chi connectivity index (χ3n) is 3.57. The van der Waals surface area contributed by atoms with Crippen LogP contribution in [0.15, 0.2) is 28.6 Å². The quantitative estimate of drug-likeness (QED) is 0.292. The first-order valence-corrected chi connectivity index (χ1v) is 9.50. The monoisotopic (exact) mass is 526 g/mol. The zero-order valence-electron chi connectivity index (χ0n) is 16.0. The van der Waals surface area contributed by atoms with E-state index in [1.807, 2.05) is 12.3 Å². The number of aryl methyl sites for hydroxylation is 1. The van der Waals surface area contributed by atoms with Crippen molar-refractivity contribution in [2.45, 2.75) is 40.0 Å². The van der Waals surface area contributed by atoms with Gasteiger partial charge in [0.15, 0.2) is 5.96 Å². The van der Waals surface area contributed by atoms with E-state index in [0.717, 1.165) is 17.1 Å². The van der Waals surface area contributed by atoms with E-state index < -0.39 is 6.61 Å². The molecule has 0 aliphatic heterocycles. The van der Waals surface area contributed by atoms with Crippen LogP contribution < -0.4 is 20.1 Å². The molecule has 1 aromatic heterocycles. The van der Waals surface area contributed by atoms with Crippen LogP contribution in [-0.4, -0.2) is 31.2 Å². The Morgan fingerprint density at radius 3 is 2.68 bits per heavy atom. The molecular weight excluding hydrogens is 501 g/mol. The van der Waals surface area contributed by atoms with Crippen molar-refractivity contribution in [3.05, 3.63) is 39.8 Å². The van der Waals surface area contributed by atoms with Crippen molar-refractivity contribution in [3.8, 4) is 11.5 Å². The topological polar surface area (TPSA) is 67.8 Å². The van der Waals surface area contributed by atoms with Gasteiger partial charge in [0, 0.05) is 17.5 Å². The number of benzene rings is 1. The van der Waals surface area contributed by atoms with E-state index in [0.29, 0.717) is 30.4 Å². The molecule has 0 bridgehead atoms. The number of ether oxygens (including phenoxy) is 2. The lowest BCUT2D eigenvalue weighted by molar-refractivity contribution is -0.0504. The van der Waals surface area contributed by atoms with Crippen molar-refractivity contribution in [3.63, 3.8) is 0 Å². The highest BCUT2D eigenvalue weighted by Crippen LogP contribution is 2.26. The van der Waals surface area contributed by atoms with Crippen molar-refractivity contribution in [2.24, 2.45) is 4.99 Å². The molecule has 0 saturated carbocycles. The number of rotatable bonds is 9. The number of guanidine groups is 1. The second kappa shape index (κ2) is 12.7. The maximum Gasteiger partial charge on any atom is 0.387 e. The largest absolute Gasteiger partial charge is 0.497 e. The molecule has 2 rings (SSSR count). The van der Waals surface area contributed by atoms with Crippen LogP contribution >= 0.6 is 35.3 Å². The fourth-order valence-electron chi connectivity index (χ4n) is 2.29. The molecule has 6 nitrogen and oxygen atoms in total. The van der Waals surface area contributed by atoms with E-state index in [9.17, 15) is 8.78 Å². The summed E-state index contributed by atoms with van der Waals surface area (Å²) < 4.78 is 35.0. The highest BCUT2D eigenvalue weighted by atomic mass is 127. The lowest BCUT2D eigenvalue weighted by atomic mass is 10.2. The molecular formula is C18H25F2IN4O2S. The summed E-state index contributed by atoms with van der Waals surface area (Å²) in [7, 11) is 1.51. The van der Waals surface area contributed by atoms with Gasteiger partial charge in [0.2, 0.25) is 0 Å². The number of alkyl halides is 2. The molecule has 0 saturated heterocycles. The van der Waals surface area contributed by atoms with Crippen LogP contribution in [0.5, 0.6) is 11.5 Å². The van der Waals surface area contributed by atoms with Crippen LogP contribution in [0, 0.1) is 0 Å². The molecule has 0 atom stereocenters. The summed E-state index contributed by atoms with van der Waals surface area (Å²) in [6, 6.07) is 4.67. The lowest BCUT2D eigenvalue weighted by Crippen LogP contribution is -2.36. The minimum atomic E-state index is -2.90. The van der Waals surface area contributed by atoms with Crippen molar-refractivity contribution < 1.29 is 18.3 Å². The number of hydrogen-bond donors (Lipinski definition) is 2. The van der Waals surface area contributed by atoms with Crippen LogP contribution in [-0.2, 0) is 19.5 Å². The number of nitrogens with one attached hydrogen (secondary N) is 2. The molecule has 10 heteroatoms. The molecule has 0 fully saturated rings. The van der Waals surface area contributed by atoms with Crippen LogP contribution in [0.2, 0.25) is 0 Å². The lowest BCUT2D eigenvalue weighted by Gasteiger charge is -2.13. The van der Waals surface area contributed by atoms with E-state index >= 15 is 0 Å². The van der Waals surface area contributed by atoms with E-state index in [4.69, 9.17) is 4.74 Å². The molecule has 156 valence electrons.